The van der Waals surface area contributed by atoms with E-state index in [9.17, 15) is 18.0 Å². The van der Waals surface area contributed by atoms with Crippen molar-refractivity contribution in [3.8, 4) is 0 Å². The molecule has 33 heavy (non-hydrogen) atoms. The SMILES string of the molecule is O=C(CCS)N[B]c1ccc([B]c2ccc(S(=O)(=O)NC(=O)NC3CCCCC3)cc2)cc1. The number of nitrogens with one attached hydrogen (secondary N) is 3. The van der Waals surface area contributed by atoms with Gasteiger partial charge in [0.05, 0.1) is 4.90 Å². The van der Waals surface area contributed by atoms with Crippen LogP contribution in [0, 0.1) is 0 Å². The van der Waals surface area contributed by atoms with Crippen LogP contribution in [0.4, 0.5) is 4.79 Å². The molecule has 2 aromatic carbocycles. The molecule has 11 heteroatoms. The maximum Gasteiger partial charge on any atom is 0.328 e. The Morgan fingerprint density at radius 3 is 2.09 bits per heavy atom. The average molecular weight is 483 g/mol. The van der Waals surface area contributed by atoms with Crippen LogP contribution in [0.15, 0.2) is 53.4 Å². The van der Waals surface area contributed by atoms with E-state index in [0.717, 1.165) is 48.5 Å². The molecule has 0 bridgehead atoms. The summed E-state index contributed by atoms with van der Waals surface area (Å²) in [5.74, 6) is 0.411. The number of rotatable bonds is 9. The number of hydrogen-bond acceptors (Lipinski definition) is 5. The van der Waals surface area contributed by atoms with Crippen molar-refractivity contribution in [3.63, 3.8) is 0 Å². The first-order valence-electron chi connectivity index (χ1n) is 11.0. The van der Waals surface area contributed by atoms with Crippen molar-refractivity contribution in [3.05, 3.63) is 48.5 Å². The normalized spacial score (nSPS) is 14.2. The highest BCUT2D eigenvalue weighted by Crippen LogP contribution is 2.17. The topological polar surface area (TPSA) is 104 Å². The lowest BCUT2D eigenvalue weighted by Gasteiger charge is -2.22. The van der Waals surface area contributed by atoms with Crippen molar-refractivity contribution in [1.82, 2.24) is 15.3 Å². The van der Waals surface area contributed by atoms with Crippen LogP contribution in [0.1, 0.15) is 38.5 Å². The number of benzene rings is 2. The molecule has 2 radical (unpaired) electrons. The fourth-order valence-corrected chi connectivity index (χ4v) is 4.72. The Balaban J connectivity index is 1.52. The summed E-state index contributed by atoms with van der Waals surface area (Å²) in [5.41, 5.74) is 2.60. The first-order chi connectivity index (χ1) is 15.9. The molecule has 3 rings (SSSR count). The van der Waals surface area contributed by atoms with E-state index >= 15 is 0 Å². The fourth-order valence-electron chi connectivity index (χ4n) is 3.60. The van der Waals surface area contributed by atoms with Gasteiger partial charge in [0.1, 0.15) is 0 Å². The lowest BCUT2D eigenvalue weighted by Crippen LogP contribution is -2.45. The van der Waals surface area contributed by atoms with Crippen molar-refractivity contribution in [2.45, 2.75) is 49.5 Å². The molecule has 3 N–H and O–H groups in total. The van der Waals surface area contributed by atoms with Gasteiger partial charge in [-0.1, -0.05) is 72.0 Å². The number of hydrogen-bond donors (Lipinski definition) is 4. The van der Waals surface area contributed by atoms with Gasteiger partial charge in [0, 0.05) is 12.5 Å². The van der Waals surface area contributed by atoms with E-state index in [-0.39, 0.29) is 16.8 Å². The van der Waals surface area contributed by atoms with E-state index in [1.807, 2.05) is 31.5 Å². The Hall–Kier alpha value is -2.39. The van der Waals surface area contributed by atoms with Crippen molar-refractivity contribution in [2.75, 3.05) is 5.75 Å². The smallest absolute Gasteiger partial charge is 0.328 e. The van der Waals surface area contributed by atoms with E-state index in [4.69, 9.17) is 0 Å². The Kier molecular flexibility index (Phi) is 9.31. The first-order valence-corrected chi connectivity index (χ1v) is 13.1. The lowest BCUT2D eigenvalue weighted by molar-refractivity contribution is -0.119. The van der Waals surface area contributed by atoms with Crippen molar-refractivity contribution in [2.24, 2.45) is 0 Å². The molecule has 3 amide bonds. The third-order valence-electron chi connectivity index (χ3n) is 5.37. The van der Waals surface area contributed by atoms with E-state index in [1.54, 1.807) is 19.5 Å². The number of amides is 3. The van der Waals surface area contributed by atoms with Crippen LogP contribution < -0.4 is 31.7 Å². The highest BCUT2D eigenvalue weighted by atomic mass is 32.2. The molecule has 0 heterocycles. The number of carbonyl (C=O) groups excluding carboxylic acids is 2. The van der Waals surface area contributed by atoms with Gasteiger partial charge in [-0.3, -0.25) is 4.79 Å². The van der Waals surface area contributed by atoms with Crippen molar-refractivity contribution in [1.29, 1.82) is 0 Å². The number of carbonyl (C=O) groups is 2. The van der Waals surface area contributed by atoms with Crippen LogP contribution in [0.2, 0.25) is 0 Å². The van der Waals surface area contributed by atoms with Gasteiger partial charge in [-0.2, -0.15) is 12.6 Å². The van der Waals surface area contributed by atoms with Crippen LogP contribution in [0.3, 0.4) is 0 Å². The van der Waals surface area contributed by atoms with E-state index in [2.05, 4.69) is 27.9 Å². The molecule has 172 valence electrons. The molecule has 1 aliphatic carbocycles. The van der Waals surface area contributed by atoms with E-state index in [1.165, 1.54) is 12.1 Å². The molecule has 1 saturated carbocycles. The summed E-state index contributed by atoms with van der Waals surface area (Å²) in [4.78, 5) is 23.6. The zero-order valence-corrected chi connectivity index (χ0v) is 20.0. The van der Waals surface area contributed by atoms with E-state index in [0.29, 0.717) is 12.2 Å². The maximum atomic E-state index is 12.5. The predicted molar refractivity (Wildman–Crippen MR) is 136 cm³/mol. The van der Waals surface area contributed by atoms with Gasteiger partial charge in [0.15, 0.2) is 7.28 Å². The lowest BCUT2D eigenvalue weighted by atomic mass is 9.63. The Morgan fingerprint density at radius 1 is 0.909 bits per heavy atom. The minimum Gasteiger partial charge on any atom is -0.398 e. The molecule has 1 fully saturated rings. The molecule has 0 aromatic heterocycles. The van der Waals surface area contributed by atoms with Gasteiger partial charge in [0.2, 0.25) is 5.91 Å². The number of sulfonamides is 1. The second-order valence-corrected chi connectivity index (χ2v) is 10.1. The number of urea groups is 1. The van der Waals surface area contributed by atoms with Crippen LogP contribution in [0.25, 0.3) is 0 Å². The first kappa shape index (κ1) is 25.2. The predicted octanol–water partition coefficient (Wildman–Crippen LogP) is 0.343. The summed E-state index contributed by atoms with van der Waals surface area (Å²) >= 11 is 4.03. The Bertz CT molecular complexity index is 1040. The van der Waals surface area contributed by atoms with Crippen molar-refractivity contribution >= 4 is 65.7 Å². The molecule has 0 unspecified atom stereocenters. The molecule has 2 aromatic rings. The Labute approximate surface area is 202 Å². The molecule has 0 atom stereocenters. The summed E-state index contributed by atoms with van der Waals surface area (Å²) in [6.07, 6.45) is 5.35. The van der Waals surface area contributed by atoms with Crippen LogP contribution >= 0.6 is 12.6 Å². The highest BCUT2D eigenvalue weighted by molar-refractivity contribution is 7.90. The maximum absolute atomic E-state index is 12.5. The zero-order valence-electron chi connectivity index (χ0n) is 18.3. The third-order valence-corrected chi connectivity index (χ3v) is 6.94. The molecule has 7 nitrogen and oxygen atoms in total. The minimum atomic E-state index is -3.94. The summed E-state index contributed by atoms with van der Waals surface area (Å²) in [6.45, 7) is 0. The van der Waals surface area contributed by atoms with Gasteiger partial charge in [-0.05, 0) is 30.7 Å². The quantitative estimate of drug-likeness (QED) is 0.305. The van der Waals surface area contributed by atoms with Gasteiger partial charge in [-0.15, -0.1) is 0 Å². The standard InChI is InChI=1S/C22H27B2N3O4S2/c28-21(14-15-32)26-24-18-8-6-16(7-9-18)23-17-10-12-20(13-11-17)33(30,31)27-22(29)25-19-4-2-1-3-5-19/h6-13,19,32H,1-5,14-15H2,(H,26,28)(H2,25,27,29). The highest BCUT2D eigenvalue weighted by Gasteiger charge is 2.21. The van der Waals surface area contributed by atoms with Gasteiger partial charge >= 0.3 is 6.03 Å². The van der Waals surface area contributed by atoms with Crippen LogP contribution in [-0.2, 0) is 14.8 Å². The fraction of sp³-hybridized carbons (Fsp3) is 0.364. The van der Waals surface area contributed by atoms with E-state index < -0.39 is 16.1 Å². The summed E-state index contributed by atoms with van der Waals surface area (Å²) in [5, 5.41) is 5.46. The van der Waals surface area contributed by atoms with Gasteiger partial charge in [-0.25, -0.2) is 17.9 Å². The molecule has 0 aliphatic heterocycles. The van der Waals surface area contributed by atoms with Crippen LogP contribution in [0.5, 0.6) is 0 Å². The minimum absolute atomic E-state index is 0.0271. The van der Waals surface area contributed by atoms with Crippen LogP contribution in [-0.4, -0.2) is 46.8 Å². The summed E-state index contributed by atoms with van der Waals surface area (Å²) in [7, 11) is -0.391. The van der Waals surface area contributed by atoms with Gasteiger partial charge < -0.3 is 10.5 Å². The zero-order chi connectivity index (χ0) is 23.7. The Morgan fingerprint density at radius 2 is 1.48 bits per heavy atom. The molecule has 1 aliphatic rings. The monoisotopic (exact) mass is 483 g/mol. The molecule has 0 spiro atoms. The summed E-state index contributed by atoms with van der Waals surface area (Å²) < 4.78 is 27.1. The second kappa shape index (κ2) is 12.2. The second-order valence-electron chi connectivity index (χ2n) is 7.98. The molecule has 0 saturated heterocycles. The average Bonchev–Trinajstić information content (AvgIpc) is 2.79. The summed E-state index contributed by atoms with van der Waals surface area (Å²) in [6, 6.07) is 13.2. The van der Waals surface area contributed by atoms with Crippen molar-refractivity contribution < 1.29 is 18.0 Å². The third kappa shape index (κ3) is 8.16. The largest absolute Gasteiger partial charge is 0.398 e. The van der Waals surface area contributed by atoms with Gasteiger partial charge in [0.25, 0.3) is 17.4 Å². The molecular formula is C22H27B2N3O4S2. The molecular weight excluding hydrogens is 456 g/mol. The number of thiol groups is 1.